The van der Waals surface area contributed by atoms with Gasteiger partial charge in [-0.1, -0.05) is 36.4 Å². The molecule has 0 aliphatic carbocycles. The Morgan fingerprint density at radius 3 is 2.35 bits per heavy atom. The van der Waals surface area contributed by atoms with Crippen molar-refractivity contribution in [2.24, 2.45) is 0 Å². The number of ether oxygens (including phenoxy) is 1. The monoisotopic (exact) mass is 238 g/mol. The number of esters is 2. The second-order valence-corrected chi connectivity index (χ2v) is 3.41. The maximum absolute atomic E-state index is 11.6. The molecule has 2 aromatic rings. The SMILES string of the molecule is CC(=O)OC(=O)c1cccc2ccccc12.[NaH]. The van der Waals surface area contributed by atoms with Crippen molar-refractivity contribution in [3.8, 4) is 0 Å². The Kier molecular flexibility index (Phi) is 4.87. The fourth-order valence-electron chi connectivity index (χ4n) is 1.59. The molecule has 0 fully saturated rings. The molecule has 0 radical (unpaired) electrons. The zero-order valence-electron chi connectivity index (χ0n) is 8.77. The van der Waals surface area contributed by atoms with Crippen LogP contribution in [0.3, 0.4) is 0 Å². The van der Waals surface area contributed by atoms with Gasteiger partial charge in [0.15, 0.2) is 0 Å². The van der Waals surface area contributed by atoms with E-state index in [0.29, 0.717) is 5.56 Å². The first-order valence-electron chi connectivity index (χ1n) is 4.89. The molecule has 3 nitrogen and oxygen atoms in total. The average molecular weight is 238 g/mol. The van der Waals surface area contributed by atoms with Crippen LogP contribution in [0.2, 0.25) is 0 Å². The molecule has 0 spiro atoms. The van der Waals surface area contributed by atoms with Crippen LogP contribution in [0.5, 0.6) is 0 Å². The second kappa shape index (κ2) is 5.96. The number of hydrogen-bond acceptors (Lipinski definition) is 3. The summed E-state index contributed by atoms with van der Waals surface area (Å²) in [6.07, 6.45) is 0. The van der Waals surface area contributed by atoms with Crippen LogP contribution in [0.25, 0.3) is 10.8 Å². The van der Waals surface area contributed by atoms with E-state index in [1.165, 1.54) is 6.92 Å². The van der Waals surface area contributed by atoms with Gasteiger partial charge in [-0.15, -0.1) is 0 Å². The first-order valence-corrected chi connectivity index (χ1v) is 4.89. The summed E-state index contributed by atoms with van der Waals surface area (Å²) in [5.41, 5.74) is 0.410. The van der Waals surface area contributed by atoms with Crippen molar-refractivity contribution in [3.63, 3.8) is 0 Å². The molecular weight excluding hydrogens is 227 g/mol. The van der Waals surface area contributed by atoms with E-state index in [9.17, 15) is 9.59 Å². The molecule has 2 aromatic carbocycles. The van der Waals surface area contributed by atoms with Gasteiger partial charge in [0, 0.05) is 6.92 Å². The summed E-state index contributed by atoms with van der Waals surface area (Å²) in [4.78, 5) is 22.3. The summed E-state index contributed by atoms with van der Waals surface area (Å²) < 4.78 is 4.57. The van der Waals surface area contributed by atoms with E-state index < -0.39 is 11.9 Å². The number of carbonyl (C=O) groups excluding carboxylic acids is 2. The van der Waals surface area contributed by atoms with E-state index in [0.717, 1.165) is 10.8 Å². The Hall–Kier alpha value is -1.16. The molecule has 0 bridgehead atoms. The van der Waals surface area contributed by atoms with Crippen LogP contribution >= 0.6 is 0 Å². The first kappa shape index (κ1) is 13.9. The van der Waals surface area contributed by atoms with Gasteiger partial charge >= 0.3 is 41.5 Å². The molecule has 82 valence electrons. The van der Waals surface area contributed by atoms with E-state index in [2.05, 4.69) is 4.74 Å². The van der Waals surface area contributed by atoms with Crippen molar-refractivity contribution < 1.29 is 14.3 Å². The predicted octanol–water partition coefficient (Wildman–Crippen LogP) is 1.89. The van der Waals surface area contributed by atoms with Crippen molar-refractivity contribution >= 4 is 52.3 Å². The van der Waals surface area contributed by atoms with Crippen LogP contribution in [0.15, 0.2) is 42.5 Å². The number of fused-ring (bicyclic) bond motifs is 1. The molecule has 4 heteroatoms. The third-order valence-electron chi connectivity index (χ3n) is 2.25. The molecule has 0 atom stereocenters. The van der Waals surface area contributed by atoms with Crippen LogP contribution in [-0.4, -0.2) is 41.5 Å². The average Bonchev–Trinajstić information content (AvgIpc) is 2.27. The molecule has 0 heterocycles. The normalized spacial score (nSPS) is 9.47. The number of hydrogen-bond donors (Lipinski definition) is 0. The fourth-order valence-corrected chi connectivity index (χ4v) is 1.59. The Bertz CT molecular complexity index is 558. The summed E-state index contributed by atoms with van der Waals surface area (Å²) >= 11 is 0. The van der Waals surface area contributed by atoms with Crippen LogP contribution in [0.4, 0.5) is 0 Å². The maximum atomic E-state index is 11.6. The molecule has 0 amide bonds. The van der Waals surface area contributed by atoms with Crippen LogP contribution in [0.1, 0.15) is 17.3 Å². The van der Waals surface area contributed by atoms with Crippen molar-refractivity contribution in [1.29, 1.82) is 0 Å². The summed E-state index contributed by atoms with van der Waals surface area (Å²) in [6, 6.07) is 12.8. The molecule has 0 aliphatic rings. The van der Waals surface area contributed by atoms with Crippen molar-refractivity contribution in [2.75, 3.05) is 0 Å². The Balaban J connectivity index is 0.00000144. The molecule has 0 saturated heterocycles. The number of benzene rings is 2. The van der Waals surface area contributed by atoms with Gasteiger partial charge in [-0.3, -0.25) is 4.79 Å². The van der Waals surface area contributed by atoms with Gasteiger partial charge in [0.25, 0.3) is 0 Å². The zero-order chi connectivity index (χ0) is 11.5. The topological polar surface area (TPSA) is 43.4 Å². The van der Waals surface area contributed by atoms with Crippen molar-refractivity contribution in [2.45, 2.75) is 6.92 Å². The molecule has 0 unspecified atom stereocenters. The Morgan fingerprint density at radius 1 is 1.00 bits per heavy atom. The van der Waals surface area contributed by atoms with E-state index in [-0.39, 0.29) is 29.6 Å². The zero-order valence-corrected chi connectivity index (χ0v) is 8.77. The molecular formula is C13H11NaO3. The second-order valence-electron chi connectivity index (χ2n) is 3.41. The Morgan fingerprint density at radius 2 is 1.65 bits per heavy atom. The first-order chi connectivity index (χ1) is 7.68. The van der Waals surface area contributed by atoms with Gasteiger partial charge < -0.3 is 4.74 Å². The van der Waals surface area contributed by atoms with E-state index in [1.54, 1.807) is 12.1 Å². The van der Waals surface area contributed by atoms with Crippen LogP contribution in [-0.2, 0) is 9.53 Å². The summed E-state index contributed by atoms with van der Waals surface area (Å²) in [6.45, 7) is 1.21. The van der Waals surface area contributed by atoms with Gasteiger partial charge in [0.05, 0.1) is 5.56 Å². The van der Waals surface area contributed by atoms with Gasteiger partial charge in [-0.2, -0.15) is 0 Å². The van der Waals surface area contributed by atoms with E-state index >= 15 is 0 Å². The van der Waals surface area contributed by atoms with Gasteiger partial charge in [0.2, 0.25) is 0 Å². The van der Waals surface area contributed by atoms with Crippen molar-refractivity contribution in [3.05, 3.63) is 48.0 Å². The molecule has 0 N–H and O–H groups in total. The molecule has 2 rings (SSSR count). The third-order valence-corrected chi connectivity index (χ3v) is 2.25. The summed E-state index contributed by atoms with van der Waals surface area (Å²) in [7, 11) is 0. The molecule has 0 aromatic heterocycles. The van der Waals surface area contributed by atoms with Gasteiger partial charge in [-0.25, -0.2) is 4.79 Å². The minimum atomic E-state index is -0.607. The predicted molar refractivity (Wildman–Crippen MR) is 67.2 cm³/mol. The minimum absolute atomic E-state index is 0. The van der Waals surface area contributed by atoms with Gasteiger partial charge in [0.1, 0.15) is 0 Å². The number of rotatable bonds is 1. The summed E-state index contributed by atoms with van der Waals surface area (Å²) in [5, 5.41) is 1.73. The van der Waals surface area contributed by atoms with Crippen molar-refractivity contribution in [1.82, 2.24) is 0 Å². The quantitative estimate of drug-likeness (QED) is 0.433. The standard InChI is InChI=1S/C13H10O3.Na.H/c1-9(14)16-13(15)12-8-4-6-10-5-2-3-7-11(10)12;;/h2-8H,1H3;;. The Labute approximate surface area is 121 Å². The summed E-state index contributed by atoms with van der Waals surface area (Å²) in [5.74, 6) is -1.21. The van der Waals surface area contributed by atoms with Gasteiger partial charge in [-0.05, 0) is 16.8 Å². The molecule has 0 saturated carbocycles. The van der Waals surface area contributed by atoms with Crippen LogP contribution in [0, 0.1) is 0 Å². The third kappa shape index (κ3) is 3.16. The molecule has 0 aliphatic heterocycles. The fraction of sp³-hybridized carbons (Fsp3) is 0.0769. The number of carbonyl (C=O) groups is 2. The van der Waals surface area contributed by atoms with E-state index in [4.69, 9.17) is 0 Å². The van der Waals surface area contributed by atoms with E-state index in [1.807, 2.05) is 30.3 Å². The molecule has 17 heavy (non-hydrogen) atoms. The van der Waals surface area contributed by atoms with Crippen LogP contribution < -0.4 is 0 Å².